The number of alkyl halides is 3. The zero-order valence-corrected chi connectivity index (χ0v) is 15.0. The minimum atomic E-state index is -4.55. The van der Waals surface area contributed by atoms with Gasteiger partial charge in [-0.25, -0.2) is 0 Å². The number of carbonyl (C=O) groups is 2. The number of rotatable bonds is 2. The van der Waals surface area contributed by atoms with E-state index >= 15 is 0 Å². The Morgan fingerprint density at radius 2 is 2.07 bits per heavy atom. The van der Waals surface area contributed by atoms with Crippen LogP contribution in [0.5, 0.6) is 0 Å². The average Bonchev–Trinajstić information content (AvgIpc) is 2.97. The highest BCUT2D eigenvalue weighted by molar-refractivity contribution is 7.16. The fourth-order valence-corrected chi connectivity index (χ4v) is 4.10. The highest BCUT2D eigenvalue weighted by Gasteiger charge is 2.31. The van der Waals surface area contributed by atoms with Crippen molar-refractivity contribution < 1.29 is 22.8 Å². The van der Waals surface area contributed by atoms with Gasteiger partial charge in [-0.2, -0.15) is 18.4 Å². The van der Waals surface area contributed by atoms with E-state index in [9.17, 15) is 28.0 Å². The Morgan fingerprint density at radius 3 is 2.70 bits per heavy atom. The lowest BCUT2D eigenvalue weighted by Gasteiger charge is -2.25. The van der Waals surface area contributed by atoms with Gasteiger partial charge in [0.15, 0.2) is 0 Å². The molecule has 27 heavy (non-hydrogen) atoms. The van der Waals surface area contributed by atoms with E-state index in [1.54, 1.807) is 4.90 Å². The van der Waals surface area contributed by atoms with Gasteiger partial charge in [-0.3, -0.25) is 9.59 Å². The summed E-state index contributed by atoms with van der Waals surface area (Å²) in [5, 5.41) is 12.3. The molecule has 0 fully saturated rings. The molecule has 2 aromatic rings. The van der Waals surface area contributed by atoms with Crippen molar-refractivity contribution in [1.29, 1.82) is 5.26 Å². The number of hydrogen-bond donors (Lipinski definition) is 1. The number of thiophene rings is 1. The van der Waals surface area contributed by atoms with Gasteiger partial charge in [-0.1, -0.05) is 6.07 Å². The Morgan fingerprint density at radius 1 is 1.33 bits per heavy atom. The van der Waals surface area contributed by atoms with Crippen LogP contribution in [0.2, 0.25) is 0 Å². The van der Waals surface area contributed by atoms with Gasteiger partial charge in [0, 0.05) is 23.9 Å². The van der Waals surface area contributed by atoms with E-state index in [0.717, 1.165) is 28.6 Å². The van der Waals surface area contributed by atoms with Crippen molar-refractivity contribution in [2.75, 3.05) is 11.9 Å². The van der Waals surface area contributed by atoms with Gasteiger partial charge in [-0.15, -0.1) is 11.3 Å². The lowest BCUT2D eigenvalue weighted by Crippen LogP contribution is -2.33. The highest BCUT2D eigenvalue weighted by Crippen LogP contribution is 2.37. The van der Waals surface area contributed by atoms with E-state index < -0.39 is 17.6 Å². The number of nitrogens with one attached hydrogen (secondary N) is 1. The summed E-state index contributed by atoms with van der Waals surface area (Å²) in [6.07, 6.45) is -4.06. The average molecular weight is 393 g/mol. The molecule has 1 N–H and O–H groups in total. The zero-order chi connectivity index (χ0) is 19.8. The summed E-state index contributed by atoms with van der Waals surface area (Å²) in [5.74, 6) is -0.804. The molecule has 0 spiro atoms. The number of halogens is 3. The summed E-state index contributed by atoms with van der Waals surface area (Å²) < 4.78 is 38.5. The number of nitrogens with zero attached hydrogens (tertiary/aromatic N) is 2. The Balaban J connectivity index is 1.88. The largest absolute Gasteiger partial charge is 0.416 e. The molecule has 0 saturated heterocycles. The summed E-state index contributed by atoms with van der Waals surface area (Å²) in [6.45, 7) is 2.29. The van der Waals surface area contributed by atoms with Crippen LogP contribution in [-0.4, -0.2) is 23.3 Å². The third kappa shape index (κ3) is 3.80. The van der Waals surface area contributed by atoms with Crippen molar-refractivity contribution in [3.8, 4) is 6.07 Å². The molecule has 0 bridgehead atoms. The molecule has 5 nitrogen and oxygen atoms in total. The Labute approximate surface area is 157 Å². The molecular weight excluding hydrogens is 379 g/mol. The summed E-state index contributed by atoms with van der Waals surface area (Å²) >= 11 is 1.17. The monoisotopic (exact) mass is 393 g/mol. The van der Waals surface area contributed by atoms with E-state index in [1.165, 1.54) is 24.3 Å². The summed E-state index contributed by atoms with van der Waals surface area (Å²) in [7, 11) is 0. The Hall–Kier alpha value is -2.86. The van der Waals surface area contributed by atoms with Crippen molar-refractivity contribution in [3.05, 3.63) is 51.4 Å². The van der Waals surface area contributed by atoms with Crippen LogP contribution in [0.25, 0.3) is 0 Å². The van der Waals surface area contributed by atoms with Crippen LogP contribution >= 0.6 is 11.3 Å². The first-order chi connectivity index (χ1) is 12.7. The SMILES string of the molecule is CC(=O)N1CCc2c(sc(NC(=O)c3cccc(C(F)(F)F)c3)c2C#N)C1. The lowest BCUT2D eigenvalue weighted by molar-refractivity contribution is -0.137. The van der Waals surface area contributed by atoms with E-state index in [4.69, 9.17) is 0 Å². The molecule has 1 aliphatic heterocycles. The molecule has 2 amide bonds. The third-order valence-corrected chi connectivity index (χ3v) is 5.43. The van der Waals surface area contributed by atoms with E-state index in [1.807, 2.05) is 0 Å². The molecule has 0 radical (unpaired) electrons. The lowest BCUT2D eigenvalue weighted by atomic mass is 10.0. The van der Waals surface area contributed by atoms with E-state index in [-0.39, 0.29) is 16.5 Å². The smallest absolute Gasteiger partial charge is 0.337 e. The predicted octanol–water partition coefficient (Wildman–Crippen LogP) is 3.80. The summed E-state index contributed by atoms with van der Waals surface area (Å²) in [6, 6.07) is 6.15. The number of benzene rings is 1. The molecule has 0 aliphatic carbocycles. The minimum absolute atomic E-state index is 0.0814. The molecule has 0 atom stereocenters. The summed E-state index contributed by atoms with van der Waals surface area (Å²) in [4.78, 5) is 26.4. The number of anilines is 1. The van der Waals surface area contributed by atoms with Crippen molar-refractivity contribution in [1.82, 2.24) is 4.90 Å². The first-order valence-electron chi connectivity index (χ1n) is 7.99. The third-order valence-electron chi connectivity index (χ3n) is 4.29. The fraction of sp³-hybridized carbons (Fsp3) is 0.278. The first-order valence-corrected chi connectivity index (χ1v) is 8.81. The van der Waals surface area contributed by atoms with Gasteiger partial charge in [0.05, 0.1) is 17.7 Å². The summed E-state index contributed by atoms with van der Waals surface area (Å²) in [5.41, 5.74) is 0.0153. The first kappa shape index (κ1) is 18.9. The minimum Gasteiger partial charge on any atom is -0.337 e. The van der Waals surface area contributed by atoms with Gasteiger partial charge >= 0.3 is 6.18 Å². The number of carbonyl (C=O) groups excluding carboxylic acids is 2. The second-order valence-electron chi connectivity index (χ2n) is 6.04. The van der Waals surface area contributed by atoms with Gasteiger partial charge in [0.25, 0.3) is 5.91 Å². The van der Waals surface area contributed by atoms with E-state index in [0.29, 0.717) is 25.1 Å². The van der Waals surface area contributed by atoms with Crippen LogP contribution < -0.4 is 5.32 Å². The van der Waals surface area contributed by atoms with Gasteiger partial charge in [0.1, 0.15) is 11.1 Å². The quantitative estimate of drug-likeness (QED) is 0.844. The maximum Gasteiger partial charge on any atom is 0.416 e. The standard InChI is InChI=1S/C18H14F3N3O2S/c1-10(25)24-6-5-13-14(8-22)17(27-15(13)9-24)23-16(26)11-3-2-4-12(7-11)18(19,20)21/h2-4,7H,5-6,9H2,1H3,(H,23,26). The van der Waals surface area contributed by atoms with Crippen LogP contribution in [0.4, 0.5) is 18.2 Å². The maximum atomic E-state index is 12.8. The Bertz CT molecular complexity index is 960. The van der Waals surface area contributed by atoms with Gasteiger partial charge in [0.2, 0.25) is 5.91 Å². The Kier molecular flexibility index (Phi) is 4.93. The molecular formula is C18H14F3N3O2S. The van der Waals surface area contributed by atoms with Crippen molar-refractivity contribution in [2.45, 2.75) is 26.1 Å². The topological polar surface area (TPSA) is 73.2 Å². The van der Waals surface area contributed by atoms with Gasteiger partial charge in [-0.05, 0) is 30.2 Å². The maximum absolute atomic E-state index is 12.8. The van der Waals surface area contributed by atoms with Crippen molar-refractivity contribution in [2.24, 2.45) is 0 Å². The molecule has 140 valence electrons. The predicted molar refractivity (Wildman–Crippen MR) is 93.2 cm³/mol. The van der Waals surface area contributed by atoms with Gasteiger partial charge < -0.3 is 10.2 Å². The van der Waals surface area contributed by atoms with E-state index in [2.05, 4.69) is 11.4 Å². The number of amides is 2. The highest BCUT2D eigenvalue weighted by atomic mass is 32.1. The van der Waals surface area contributed by atoms with Crippen molar-refractivity contribution >= 4 is 28.2 Å². The molecule has 3 rings (SSSR count). The number of nitriles is 1. The number of fused-ring (bicyclic) bond motifs is 1. The molecule has 1 aromatic heterocycles. The van der Waals surface area contributed by atoms with Crippen LogP contribution in [0.1, 0.15) is 38.8 Å². The fourth-order valence-electron chi connectivity index (χ4n) is 2.89. The molecule has 0 saturated carbocycles. The van der Waals surface area contributed by atoms with Crippen LogP contribution in [-0.2, 0) is 23.9 Å². The van der Waals surface area contributed by atoms with Crippen LogP contribution in [0.3, 0.4) is 0 Å². The zero-order valence-electron chi connectivity index (χ0n) is 14.2. The molecule has 0 unspecified atom stereocenters. The van der Waals surface area contributed by atoms with Crippen molar-refractivity contribution in [3.63, 3.8) is 0 Å². The van der Waals surface area contributed by atoms with Crippen LogP contribution in [0, 0.1) is 11.3 Å². The number of hydrogen-bond acceptors (Lipinski definition) is 4. The van der Waals surface area contributed by atoms with Crippen LogP contribution in [0.15, 0.2) is 24.3 Å². The molecule has 9 heteroatoms. The molecule has 2 heterocycles. The molecule has 1 aromatic carbocycles. The second-order valence-corrected chi connectivity index (χ2v) is 7.15. The normalized spacial score (nSPS) is 13.7. The second kappa shape index (κ2) is 7.04. The molecule has 1 aliphatic rings.